The van der Waals surface area contributed by atoms with Crippen LogP contribution in [0, 0.1) is 12.8 Å². The van der Waals surface area contributed by atoms with Gasteiger partial charge in [-0.25, -0.2) is 4.98 Å². The minimum Gasteiger partial charge on any atom is -0.468 e. The summed E-state index contributed by atoms with van der Waals surface area (Å²) in [5.74, 6) is 0.377. The third-order valence-corrected chi connectivity index (χ3v) is 4.76. The highest BCUT2D eigenvalue weighted by molar-refractivity contribution is 8.02. The molecule has 1 fully saturated rings. The zero-order chi connectivity index (χ0) is 10.8. The number of rotatable bonds is 4. The van der Waals surface area contributed by atoms with E-state index in [1.807, 2.05) is 12.3 Å². The van der Waals surface area contributed by atoms with Crippen LogP contribution in [0.15, 0.2) is 9.72 Å². The van der Waals surface area contributed by atoms with E-state index in [-0.39, 0.29) is 11.2 Å². The third-order valence-electron chi connectivity index (χ3n) is 2.31. The van der Waals surface area contributed by atoms with Crippen LogP contribution in [0.25, 0.3) is 0 Å². The molecule has 1 saturated carbocycles. The summed E-state index contributed by atoms with van der Waals surface area (Å²) < 4.78 is 5.78. The lowest BCUT2D eigenvalue weighted by Gasteiger charge is -2.10. The average Bonchev–Trinajstić information content (AvgIpc) is 2.98. The molecule has 0 amide bonds. The van der Waals surface area contributed by atoms with E-state index >= 15 is 0 Å². The quantitative estimate of drug-likeness (QED) is 0.601. The minimum atomic E-state index is -0.115. The molecule has 1 heterocycles. The fraction of sp³-hybridized carbons (Fsp3) is 0.600. The number of aromatic nitrogens is 1. The lowest BCUT2D eigenvalue weighted by molar-refractivity contribution is -0.140. The second-order valence-electron chi connectivity index (χ2n) is 3.65. The molecule has 1 aromatic rings. The van der Waals surface area contributed by atoms with E-state index in [0.29, 0.717) is 5.92 Å². The maximum Gasteiger partial charge on any atom is 0.319 e. The van der Waals surface area contributed by atoms with Gasteiger partial charge in [-0.1, -0.05) is 11.8 Å². The first-order chi connectivity index (χ1) is 7.20. The molecule has 3 nitrogen and oxygen atoms in total. The van der Waals surface area contributed by atoms with Crippen LogP contribution in [0.5, 0.6) is 0 Å². The van der Waals surface area contributed by atoms with E-state index in [1.54, 1.807) is 23.1 Å². The summed E-state index contributed by atoms with van der Waals surface area (Å²) in [5, 5.41) is 1.95. The standard InChI is InChI=1S/C10H13NO2S2/c1-6-5-14-10(11-6)15-8(7-3-4-7)9(12)13-2/h5,7-8H,3-4H2,1-2H3. The van der Waals surface area contributed by atoms with Crippen LogP contribution in [0.1, 0.15) is 18.5 Å². The predicted molar refractivity (Wildman–Crippen MR) is 61.2 cm³/mol. The Hall–Kier alpha value is -0.550. The van der Waals surface area contributed by atoms with Crippen molar-refractivity contribution in [2.24, 2.45) is 5.92 Å². The fourth-order valence-corrected chi connectivity index (χ4v) is 3.62. The molecule has 15 heavy (non-hydrogen) atoms. The monoisotopic (exact) mass is 243 g/mol. The number of nitrogens with zero attached hydrogens (tertiary/aromatic N) is 1. The second kappa shape index (κ2) is 4.53. The highest BCUT2D eigenvalue weighted by Crippen LogP contribution is 2.42. The van der Waals surface area contributed by atoms with Crippen molar-refractivity contribution in [3.8, 4) is 0 Å². The minimum absolute atomic E-state index is 0.0550. The van der Waals surface area contributed by atoms with E-state index in [4.69, 9.17) is 4.74 Å². The first-order valence-electron chi connectivity index (χ1n) is 4.87. The van der Waals surface area contributed by atoms with Crippen LogP contribution in [0.2, 0.25) is 0 Å². The molecule has 0 N–H and O–H groups in total. The van der Waals surface area contributed by atoms with Crippen LogP contribution in [-0.4, -0.2) is 23.3 Å². The number of thiazole rings is 1. The van der Waals surface area contributed by atoms with Gasteiger partial charge in [0.2, 0.25) is 0 Å². The van der Waals surface area contributed by atoms with E-state index in [2.05, 4.69) is 4.98 Å². The van der Waals surface area contributed by atoms with E-state index in [0.717, 1.165) is 22.9 Å². The maximum absolute atomic E-state index is 11.5. The molecule has 1 aliphatic carbocycles. The van der Waals surface area contributed by atoms with Crippen molar-refractivity contribution < 1.29 is 9.53 Å². The molecule has 1 aromatic heterocycles. The zero-order valence-corrected chi connectivity index (χ0v) is 10.4. The van der Waals surface area contributed by atoms with Gasteiger partial charge in [0, 0.05) is 11.1 Å². The largest absolute Gasteiger partial charge is 0.468 e. The molecule has 5 heteroatoms. The van der Waals surface area contributed by atoms with Crippen LogP contribution in [-0.2, 0) is 9.53 Å². The summed E-state index contributed by atoms with van der Waals surface area (Å²) in [6, 6.07) is 0. The molecule has 0 spiro atoms. The van der Waals surface area contributed by atoms with Gasteiger partial charge in [-0.3, -0.25) is 4.79 Å². The molecule has 2 rings (SSSR count). The molecule has 1 aliphatic rings. The number of hydrogen-bond donors (Lipinski definition) is 0. The van der Waals surface area contributed by atoms with Crippen LogP contribution >= 0.6 is 23.1 Å². The number of hydrogen-bond acceptors (Lipinski definition) is 5. The van der Waals surface area contributed by atoms with Gasteiger partial charge in [0.1, 0.15) is 5.25 Å². The number of carbonyl (C=O) groups is 1. The molecule has 0 saturated heterocycles. The highest BCUT2D eigenvalue weighted by Gasteiger charge is 2.38. The van der Waals surface area contributed by atoms with Crippen molar-refractivity contribution in [2.75, 3.05) is 7.11 Å². The number of aryl methyl sites for hydroxylation is 1. The summed E-state index contributed by atoms with van der Waals surface area (Å²) >= 11 is 3.14. The van der Waals surface area contributed by atoms with Crippen molar-refractivity contribution in [1.29, 1.82) is 0 Å². The van der Waals surface area contributed by atoms with Gasteiger partial charge in [-0.05, 0) is 25.7 Å². The fourth-order valence-electron chi connectivity index (χ4n) is 1.35. The molecule has 0 aromatic carbocycles. The highest BCUT2D eigenvalue weighted by atomic mass is 32.2. The van der Waals surface area contributed by atoms with Gasteiger partial charge < -0.3 is 4.74 Å². The lowest BCUT2D eigenvalue weighted by Crippen LogP contribution is -2.20. The van der Waals surface area contributed by atoms with E-state index in [9.17, 15) is 4.79 Å². The van der Waals surface area contributed by atoms with Gasteiger partial charge in [-0.2, -0.15) is 0 Å². The summed E-state index contributed by atoms with van der Waals surface area (Å²) in [6.45, 7) is 1.96. The van der Waals surface area contributed by atoms with Crippen molar-refractivity contribution in [3.05, 3.63) is 11.1 Å². The van der Waals surface area contributed by atoms with Crippen LogP contribution in [0.4, 0.5) is 0 Å². The Labute approximate surface area is 97.2 Å². The van der Waals surface area contributed by atoms with E-state index < -0.39 is 0 Å². The van der Waals surface area contributed by atoms with Crippen molar-refractivity contribution in [2.45, 2.75) is 29.4 Å². The average molecular weight is 243 g/mol. The Kier molecular flexibility index (Phi) is 3.31. The lowest BCUT2D eigenvalue weighted by atomic mass is 10.3. The topological polar surface area (TPSA) is 39.2 Å². The SMILES string of the molecule is COC(=O)C(Sc1nc(C)cs1)C1CC1. The van der Waals surface area contributed by atoms with Gasteiger partial charge in [0.25, 0.3) is 0 Å². The van der Waals surface area contributed by atoms with Gasteiger partial charge in [-0.15, -0.1) is 11.3 Å². The number of ether oxygens (including phenoxy) is 1. The Morgan fingerprint density at radius 1 is 1.73 bits per heavy atom. The molecule has 1 atom stereocenters. The van der Waals surface area contributed by atoms with Gasteiger partial charge in [0.15, 0.2) is 4.34 Å². The number of methoxy groups -OCH3 is 1. The maximum atomic E-state index is 11.5. The molecule has 0 aliphatic heterocycles. The Morgan fingerprint density at radius 2 is 2.47 bits per heavy atom. The smallest absolute Gasteiger partial charge is 0.319 e. The predicted octanol–water partition coefficient (Wildman–Crippen LogP) is 2.50. The number of esters is 1. The molecule has 0 radical (unpaired) electrons. The van der Waals surface area contributed by atoms with Crippen LogP contribution in [0.3, 0.4) is 0 Å². The normalized spacial score (nSPS) is 17.5. The zero-order valence-electron chi connectivity index (χ0n) is 8.73. The molecular formula is C10H13NO2S2. The first-order valence-corrected chi connectivity index (χ1v) is 6.63. The molecule has 82 valence electrons. The second-order valence-corrected chi connectivity index (χ2v) is 5.90. The summed E-state index contributed by atoms with van der Waals surface area (Å²) in [7, 11) is 1.45. The number of thioether (sulfide) groups is 1. The summed E-state index contributed by atoms with van der Waals surface area (Å²) in [5.41, 5.74) is 1.02. The van der Waals surface area contributed by atoms with Crippen molar-refractivity contribution in [3.63, 3.8) is 0 Å². The third kappa shape index (κ3) is 2.72. The Bertz CT molecular complexity index is 360. The van der Waals surface area contributed by atoms with Crippen molar-refractivity contribution in [1.82, 2.24) is 4.98 Å². The van der Waals surface area contributed by atoms with Gasteiger partial charge >= 0.3 is 5.97 Å². The number of carbonyl (C=O) groups excluding carboxylic acids is 1. The first kappa shape index (κ1) is 11.0. The van der Waals surface area contributed by atoms with Crippen LogP contribution < -0.4 is 0 Å². The molecule has 1 unspecified atom stereocenters. The summed E-state index contributed by atoms with van der Waals surface area (Å²) in [6.07, 6.45) is 2.27. The Morgan fingerprint density at radius 3 is 2.93 bits per heavy atom. The summed E-state index contributed by atoms with van der Waals surface area (Å²) in [4.78, 5) is 15.9. The molecule has 0 bridgehead atoms. The van der Waals surface area contributed by atoms with Gasteiger partial charge in [0.05, 0.1) is 7.11 Å². The Balaban J connectivity index is 2.03. The van der Waals surface area contributed by atoms with Crippen molar-refractivity contribution >= 4 is 29.1 Å². The molecular weight excluding hydrogens is 230 g/mol. The van der Waals surface area contributed by atoms with E-state index in [1.165, 1.54) is 7.11 Å².